The predicted octanol–water partition coefficient (Wildman–Crippen LogP) is 3.46. The van der Waals surface area contributed by atoms with Gasteiger partial charge in [-0.25, -0.2) is 0 Å². The van der Waals surface area contributed by atoms with Crippen LogP contribution in [-0.4, -0.2) is 50.8 Å². The summed E-state index contributed by atoms with van der Waals surface area (Å²) in [5, 5.41) is 12.0. The van der Waals surface area contributed by atoms with Crippen molar-refractivity contribution in [2.45, 2.75) is 25.5 Å². The highest BCUT2D eigenvalue weighted by atomic mass is 32.2. The molecule has 0 saturated carbocycles. The van der Waals surface area contributed by atoms with E-state index in [0.29, 0.717) is 17.4 Å². The molecule has 0 spiro atoms. The van der Waals surface area contributed by atoms with Crippen LogP contribution in [-0.2, 0) is 16.1 Å². The highest BCUT2D eigenvalue weighted by Crippen LogP contribution is 2.23. The van der Waals surface area contributed by atoms with Gasteiger partial charge in [-0.1, -0.05) is 59.8 Å². The van der Waals surface area contributed by atoms with Crippen molar-refractivity contribution in [2.24, 2.45) is 0 Å². The maximum atomic E-state index is 12.5. The van der Waals surface area contributed by atoms with Crippen LogP contribution in [0.15, 0.2) is 59.8 Å². The van der Waals surface area contributed by atoms with Crippen molar-refractivity contribution in [3.63, 3.8) is 0 Å². The second-order valence-electron chi connectivity index (χ2n) is 6.87. The molecule has 3 aromatic rings. The van der Waals surface area contributed by atoms with Crippen LogP contribution in [0.5, 0.6) is 0 Å². The van der Waals surface area contributed by atoms with Gasteiger partial charge in [0.2, 0.25) is 11.8 Å². The van der Waals surface area contributed by atoms with Gasteiger partial charge in [-0.3, -0.25) is 9.59 Å². The molecule has 0 bridgehead atoms. The molecule has 1 aromatic heterocycles. The number of anilines is 1. The van der Waals surface area contributed by atoms with E-state index in [2.05, 4.69) is 15.5 Å². The Morgan fingerprint density at radius 1 is 1.07 bits per heavy atom. The van der Waals surface area contributed by atoms with Crippen LogP contribution in [0.4, 0.5) is 5.69 Å². The largest absolute Gasteiger partial charge is 0.336 e. The lowest BCUT2D eigenvalue weighted by atomic mass is 10.2. The van der Waals surface area contributed by atoms with Gasteiger partial charge in [0.05, 0.1) is 12.3 Å². The normalized spacial score (nSPS) is 10.6. The first-order chi connectivity index (χ1) is 14.5. The molecule has 2 aromatic carbocycles. The van der Waals surface area contributed by atoms with Gasteiger partial charge in [-0.05, 0) is 26.0 Å². The monoisotopic (exact) mass is 423 g/mol. The lowest BCUT2D eigenvalue weighted by Crippen LogP contribution is -2.36. The van der Waals surface area contributed by atoms with Gasteiger partial charge in [0, 0.05) is 24.8 Å². The van der Waals surface area contributed by atoms with Crippen LogP contribution in [0.25, 0.3) is 11.4 Å². The van der Waals surface area contributed by atoms with E-state index in [-0.39, 0.29) is 24.1 Å². The number of thioether (sulfide) groups is 1. The molecular weight excluding hydrogens is 398 g/mol. The maximum Gasteiger partial charge on any atom is 0.243 e. The number of hydrogen-bond acceptors (Lipinski definition) is 5. The molecule has 0 radical (unpaired) electrons. The maximum absolute atomic E-state index is 12.5. The molecule has 0 aliphatic rings. The molecule has 7 nitrogen and oxygen atoms in total. The zero-order valence-corrected chi connectivity index (χ0v) is 18.1. The number of benzene rings is 2. The summed E-state index contributed by atoms with van der Waals surface area (Å²) in [5.41, 5.74) is 2.81. The molecular formula is C22H25N5O2S. The van der Waals surface area contributed by atoms with Crippen LogP contribution in [0.3, 0.4) is 0 Å². The Bertz CT molecular complexity index is 1000. The minimum atomic E-state index is -0.234. The van der Waals surface area contributed by atoms with E-state index in [4.69, 9.17) is 0 Å². The number of nitrogens with one attached hydrogen (secondary N) is 1. The number of nitrogens with zero attached hydrogens (tertiary/aromatic N) is 4. The average molecular weight is 424 g/mol. The second-order valence-corrected chi connectivity index (χ2v) is 7.81. The molecule has 0 fully saturated rings. The van der Waals surface area contributed by atoms with Gasteiger partial charge in [0.15, 0.2) is 11.0 Å². The summed E-state index contributed by atoms with van der Waals surface area (Å²) in [6, 6.07) is 17.4. The van der Waals surface area contributed by atoms with E-state index < -0.39 is 0 Å². The van der Waals surface area contributed by atoms with E-state index in [1.165, 1.54) is 16.7 Å². The van der Waals surface area contributed by atoms with Crippen molar-refractivity contribution in [1.82, 2.24) is 19.7 Å². The van der Waals surface area contributed by atoms with Gasteiger partial charge in [-0.2, -0.15) is 0 Å². The van der Waals surface area contributed by atoms with E-state index in [9.17, 15) is 9.59 Å². The number of aromatic nitrogens is 3. The van der Waals surface area contributed by atoms with Gasteiger partial charge in [-0.15, -0.1) is 10.2 Å². The van der Waals surface area contributed by atoms with Gasteiger partial charge in [0.25, 0.3) is 0 Å². The van der Waals surface area contributed by atoms with Crippen LogP contribution in [0.1, 0.15) is 12.5 Å². The van der Waals surface area contributed by atoms with E-state index >= 15 is 0 Å². The molecule has 30 heavy (non-hydrogen) atoms. The van der Waals surface area contributed by atoms with Gasteiger partial charge < -0.3 is 14.8 Å². The fourth-order valence-electron chi connectivity index (χ4n) is 2.86. The second kappa shape index (κ2) is 10.1. The Balaban J connectivity index is 1.55. The quantitative estimate of drug-likeness (QED) is 0.561. The SMILES string of the molecule is CCn1c(SCC(=O)N(C)CC(=O)Nc2ccc(C)cc2)nnc1-c1ccccc1. The highest BCUT2D eigenvalue weighted by Gasteiger charge is 2.17. The fourth-order valence-corrected chi connectivity index (χ4v) is 3.80. The highest BCUT2D eigenvalue weighted by molar-refractivity contribution is 7.99. The Hall–Kier alpha value is -3.13. The number of aryl methyl sites for hydroxylation is 1. The molecule has 0 atom stereocenters. The molecule has 0 saturated heterocycles. The van der Waals surface area contributed by atoms with Gasteiger partial charge in [0.1, 0.15) is 0 Å². The first-order valence-electron chi connectivity index (χ1n) is 9.70. The van der Waals surface area contributed by atoms with Gasteiger partial charge >= 0.3 is 0 Å². The minimum absolute atomic E-state index is 0.0109. The first-order valence-corrected chi connectivity index (χ1v) is 10.7. The van der Waals surface area contributed by atoms with Crippen molar-refractivity contribution >= 4 is 29.3 Å². The Kier molecular flexibility index (Phi) is 7.24. The lowest BCUT2D eigenvalue weighted by Gasteiger charge is -2.16. The summed E-state index contributed by atoms with van der Waals surface area (Å²) in [4.78, 5) is 26.1. The van der Waals surface area contributed by atoms with Crippen molar-refractivity contribution in [1.29, 1.82) is 0 Å². The predicted molar refractivity (Wildman–Crippen MR) is 119 cm³/mol. The van der Waals surface area contributed by atoms with Crippen LogP contribution in [0, 0.1) is 6.92 Å². The van der Waals surface area contributed by atoms with Crippen molar-refractivity contribution in [3.05, 3.63) is 60.2 Å². The Morgan fingerprint density at radius 3 is 2.43 bits per heavy atom. The fraction of sp³-hybridized carbons (Fsp3) is 0.273. The third-order valence-corrected chi connectivity index (χ3v) is 5.48. The lowest BCUT2D eigenvalue weighted by molar-refractivity contribution is -0.131. The summed E-state index contributed by atoms with van der Waals surface area (Å²) >= 11 is 1.32. The number of carbonyl (C=O) groups excluding carboxylic acids is 2. The molecule has 0 unspecified atom stereocenters. The summed E-state index contributed by atoms with van der Waals surface area (Å²) in [7, 11) is 1.62. The number of carbonyl (C=O) groups is 2. The Labute approximate surface area is 180 Å². The molecule has 1 heterocycles. The topological polar surface area (TPSA) is 80.1 Å². The van der Waals surface area contributed by atoms with E-state index in [1.807, 2.05) is 73.0 Å². The van der Waals surface area contributed by atoms with Crippen LogP contribution in [0.2, 0.25) is 0 Å². The van der Waals surface area contributed by atoms with Crippen LogP contribution >= 0.6 is 11.8 Å². The van der Waals surface area contributed by atoms with Crippen molar-refractivity contribution in [3.8, 4) is 11.4 Å². The third kappa shape index (κ3) is 5.48. The number of amides is 2. The molecule has 3 rings (SSSR count). The molecule has 0 aliphatic heterocycles. The standard InChI is InChI=1S/C22H25N5O2S/c1-4-27-21(17-8-6-5-7-9-17)24-25-22(27)30-15-20(29)26(3)14-19(28)23-18-12-10-16(2)11-13-18/h5-13H,4,14-15H2,1-3H3,(H,23,28). The molecule has 8 heteroatoms. The first kappa shape index (κ1) is 21.6. The summed E-state index contributed by atoms with van der Waals surface area (Å²) < 4.78 is 1.98. The number of hydrogen-bond donors (Lipinski definition) is 1. The van der Waals surface area contributed by atoms with Crippen LogP contribution < -0.4 is 5.32 Å². The third-order valence-electron chi connectivity index (χ3n) is 4.53. The number of likely N-dealkylation sites (N-methyl/N-ethyl adjacent to an activating group) is 1. The molecule has 1 N–H and O–H groups in total. The number of rotatable bonds is 8. The zero-order chi connectivity index (χ0) is 21.5. The van der Waals surface area contributed by atoms with Crippen molar-refractivity contribution in [2.75, 3.05) is 24.7 Å². The van der Waals surface area contributed by atoms with Crippen molar-refractivity contribution < 1.29 is 9.59 Å². The molecule has 156 valence electrons. The summed E-state index contributed by atoms with van der Waals surface area (Å²) in [6.45, 7) is 4.69. The Morgan fingerprint density at radius 2 is 1.77 bits per heavy atom. The van der Waals surface area contributed by atoms with E-state index in [0.717, 1.165) is 17.0 Å². The average Bonchev–Trinajstić information content (AvgIpc) is 3.17. The minimum Gasteiger partial charge on any atom is -0.336 e. The van der Waals surface area contributed by atoms with E-state index in [1.54, 1.807) is 7.05 Å². The smallest absolute Gasteiger partial charge is 0.243 e. The molecule has 2 amide bonds. The zero-order valence-electron chi connectivity index (χ0n) is 17.3. The summed E-state index contributed by atoms with van der Waals surface area (Å²) in [5.74, 6) is 0.578. The summed E-state index contributed by atoms with van der Waals surface area (Å²) in [6.07, 6.45) is 0. The molecule has 0 aliphatic carbocycles.